The minimum Gasteiger partial charge on any atom is -0.490 e. The third-order valence-corrected chi connectivity index (χ3v) is 6.61. The van der Waals surface area contributed by atoms with Crippen molar-refractivity contribution in [2.45, 2.75) is 57.3 Å². The number of benzene rings is 2. The van der Waals surface area contributed by atoms with Crippen LogP contribution in [0.5, 0.6) is 5.75 Å². The van der Waals surface area contributed by atoms with Crippen LogP contribution in [0.3, 0.4) is 0 Å². The molecule has 186 valence electrons. The van der Waals surface area contributed by atoms with E-state index in [1.165, 1.54) is 5.56 Å². The van der Waals surface area contributed by atoms with Gasteiger partial charge < -0.3 is 25.0 Å². The van der Waals surface area contributed by atoms with Gasteiger partial charge in [-0.3, -0.25) is 14.4 Å². The van der Waals surface area contributed by atoms with Crippen LogP contribution < -0.4 is 15.4 Å². The first kappa shape index (κ1) is 24.7. The summed E-state index contributed by atoms with van der Waals surface area (Å²) in [6, 6.07) is 15.0. The predicted molar refractivity (Wildman–Crippen MR) is 132 cm³/mol. The van der Waals surface area contributed by atoms with Gasteiger partial charge in [0.25, 0.3) is 5.91 Å². The van der Waals surface area contributed by atoms with Crippen molar-refractivity contribution in [3.8, 4) is 5.75 Å². The monoisotopic (exact) mass is 479 g/mol. The first-order chi connectivity index (χ1) is 16.9. The highest BCUT2D eigenvalue weighted by Crippen LogP contribution is 2.32. The Balaban J connectivity index is 1.35. The van der Waals surface area contributed by atoms with E-state index in [0.717, 1.165) is 12.8 Å². The average molecular weight is 480 g/mol. The molecule has 35 heavy (non-hydrogen) atoms. The fourth-order valence-electron chi connectivity index (χ4n) is 4.62. The van der Waals surface area contributed by atoms with Crippen molar-refractivity contribution in [2.24, 2.45) is 0 Å². The van der Waals surface area contributed by atoms with E-state index in [2.05, 4.69) is 10.6 Å². The molecule has 0 saturated carbocycles. The molecule has 0 aromatic heterocycles. The molecule has 1 saturated heterocycles. The smallest absolute Gasteiger partial charge is 0.257 e. The van der Waals surface area contributed by atoms with Gasteiger partial charge in [-0.15, -0.1) is 0 Å². The summed E-state index contributed by atoms with van der Waals surface area (Å²) < 4.78 is 12.2. The van der Waals surface area contributed by atoms with Crippen molar-refractivity contribution >= 4 is 23.4 Å². The lowest BCUT2D eigenvalue weighted by Gasteiger charge is -2.42. The number of fused-ring (bicyclic) bond motifs is 2. The van der Waals surface area contributed by atoms with E-state index in [1.54, 1.807) is 37.1 Å². The zero-order valence-electron chi connectivity index (χ0n) is 20.3. The van der Waals surface area contributed by atoms with Gasteiger partial charge in [0, 0.05) is 25.7 Å². The molecule has 8 nitrogen and oxygen atoms in total. The standard InChI is InChI=1S/C27H33N3O5/c1-3-25(31)29-19-9-12-23-21(15-19)27(33)30(2)22-11-10-20(35-24(22)17-34-23)16-26(32)28-14-13-18-7-5-4-6-8-18/h4-9,12,15,20,22,24H,3,10-11,13-14,16-17H2,1-2H3,(H,28,32)(H,29,31)/t20-,22-,24-/m1/s1. The molecule has 2 N–H and O–H groups in total. The van der Waals surface area contributed by atoms with Crippen LogP contribution in [-0.4, -0.2) is 61.1 Å². The summed E-state index contributed by atoms with van der Waals surface area (Å²) in [4.78, 5) is 39.2. The maximum Gasteiger partial charge on any atom is 0.257 e. The molecule has 8 heteroatoms. The van der Waals surface area contributed by atoms with Crippen molar-refractivity contribution < 1.29 is 23.9 Å². The van der Waals surface area contributed by atoms with Crippen LogP contribution >= 0.6 is 0 Å². The molecule has 2 heterocycles. The lowest BCUT2D eigenvalue weighted by molar-refractivity contribution is -0.134. The van der Waals surface area contributed by atoms with Crippen molar-refractivity contribution in [3.05, 3.63) is 59.7 Å². The number of hydrogen-bond donors (Lipinski definition) is 2. The van der Waals surface area contributed by atoms with Crippen LogP contribution in [0.1, 0.15) is 48.5 Å². The van der Waals surface area contributed by atoms with Crippen LogP contribution in [-0.2, 0) is 20.7 Å². The minimum atomic E-state index is -0.326. The minimum absolute atomic E-state index is 0.0347. The zero-order valence-corrected chi connectivity index (χ0v) is 20.3. The predicted octanol–water partition coefficient (Wildman–Crippen LogP) is 3.16. The number of carbonyl (C=O) groups excluding carboxylic acids is 3. The van der Waals surface area contributed by atoms with Crippen LogP contribution in [0.2, 0.25) is 0 Å². The largest absolute Gasteiger partial charge is 0.490 e. The molecule has 2 aliphatic rings. The molecule has 0 spiro atoms. The van der Waals surface area contributed by atoms with Crippen molar-refractivity contribution in [1.82, 2.24) is 10.2 Å². The van der Waals surface area contributed by atoms with Crippen molar-refractivity contribution in [1.29, 1.82) is 0 Å². The number of carbonyl (C=O) groups is 3. The second-order valence-corrected chi connectivity index (χ2v) is 9.07. The summed E-state index contributed by atoms with van der Waals surface area (Å²) in [5.41, 5.74) is 2.17. The normalized spacial score (nSPS) is 21.6. The van der Waals surface area contributed by atoms with Gasteiger partial charge in [0.2, 0.25) is 11.8 Å². The highest BCUT2D eigenvalue weighted by Gasteiger charge is 2.39. The van der Waals surface area contributed by atoms with Gasteiger partial charge in [-0.25, -0.2) is 0 Å². The highest BCUT2D eigenvalue weighted by atomic mass is 16.5. The Morgan fingerprint density at radius 3 is 2.66 bits per heavy atom. The number of hydrogen-bond acceptors (Lipinski definition) is 5. The molecule has 2 aromatic carbocycles. The summed E-state index contributed by atoms with van der Waals surface area (Å²) >= 11 is 0. The number of nitrogens with one attached hydrogen (secondary N) is 2. The Labute approximate surface area is 206 Å². The molecule has 1 fully saturated rings. The van der Waals surface area contributed by atoms with Gasteiger partial charge in [-0.2, -0.15) is 0 Å². The Morgan fingerprint density at radius 1 is 1.09 bits per heavy atom. The van der Waals surface area contributed by atoms with E-state index in [4.69, 9.17) is 9.47 Å². The van der Waals surface area contributed by atoms with Crippen LogP contribution in [0.25, 0.3) is 0 Å². The number of ether oxygens (including phenoxy) is 2. The molecule has 0 bridgehead atoms. The van der Waals surface area contributed by atoms with Gasteiger partial charge in [-0.05, 0) is 43.0 Å². The molecule has 0 radical (unpaired) electrons. The van der Waals surface area contributed by atoms with Gasteiger partial charge in [0.05, 0.1) is 24.1 Å². The van der Waals surface area contributed by atoms with Crippen LogP contribution in [0, 0.1) is 0 Å². The van der Waals surface area contributed by atoms with Gasteiger partial charge in [0.15, 0.2) is 0 Å². The summed E-state index contributed by atoms with van der Waals surface area (Å²) in [5, 5.41) is 5.77. The number of nitrogens with zero attached hydrogens (tertiary/aromatic N) is 1. The third-order valence-electron chi connectivity index (χ3n) is 6.61. The maximum atomic E-state index is 13.3. The maximum absolute atomic E-state index is 13.3. The molecular formula is C27H33N3O5. The van der Waals surface area contributed by atoms with E-state index >= 15 is 0 Å². The summed E-state index contributed by atoms with van der Waals surface area (Å²) in [6.07, 6.45) is 2.29. The Bertz CT molecular complexity index is 1060. The first-order valence-corrected chi connectivity index (χ1v) is 12.2. The average Bonchev–Trinajstić information content (AvgIpc) is 2.87. The van der Waals surface area contributed by atoms with E-state index in [1.807, 2.05) is 30.3 Å². The van der Waals surface area contributed by atoms with Crippen LogP contribution in [0.4, 0.5) is 5.69 Å². The zero-order chi connectivity index (χ0) is 24.8. The summed E-state index contributed by atoms with van der Waals surface area (Å²) in [7, 11) is 1.77. The fourth-order valence-corrected chi connectivity index (χ4v) is 4.62. The van der Waals surface area contributed by atoms with Gasteiger partial charge >= 0.3 is 0 Å². The number of anilines is 1. The molecule has 4 rings (SSSR count). The SMILES string of the molecule is CCC(=O)Nc1ccc2c(c1)C(=O)N(C)[C@@H]1CC[C@H](CC(=O)NCCc3ccccc3)O[C@@H]1CO2. The highest BCUT2D eigenvalue weighted by molar-refractivity contribution is 5.99. The van der Waals surface area contributed by atoms with Crippen LogP contribution in [0.15, 0.2) is 48.5 Å². The molecule has 2 aromatic rings. The topological polar surface area (TPSA) is 97.0 Å². The van der Waals surface area contributed by atoms with Crippen molar-refractivity contribution in [2.75, 3.05) is 25.5 Å². The Morgan fingerprint density at radius 2 is 1.89 bits per heavy atom. The van der Waals surface area contributed by atoms with Gasteiger partial charge in [0.1, 0.15) is 18.5 Å². The molecule has 3 atom stereocenters. The Hall–Kier alpha value is -3.39. The molecule has 3 amide bonds. The third kappa shape index (κ3) is 6.19. The first-order valence-electron chi connectivity index (χ1n) is 12.2. The quantitative estimate of drug-likeness (QED) is 0.636. The van der Waals surface area contributed by atoms with E-state index in [-0.39, 0.29) is 49.0 Å². The fraction of sp³-hybridized carbons (Fsp3) is 0.444. The van der Waals surface area contributed by atoms with E-state index in [9.17, 15) is 14.4 Å². The molecule has 0 unspecified atom stereocenters. The second kappa shape index (κ2) is 11.4. The lowest BCUT2D eigenvalue weighted by atomic mass is 9.94. The number of likely N-dealkylation sites (N-methyl/N-ethyl adjacent to an activating group) is 1. The number of rotatable bonds is 7. The summed E-state index contributed by atoms with van der Waals surface area (Å²) in [6.45, 7) is 2.64. The summed E-state index contributed by atoms with van der Waals surface area (Å²) in [5.74, 6) is 0.128. The molecular weight excluding hydrogens is 446 g/mol. The van der Waals surface area contributed by atoms with Gasteiger partial charge in [-0.1, -0.05) is 37.3 Å². The van der Waals surface area contributed by atoms with E-state index < -0.39 is 0 Å². The second-order valence-electron chi connectivity index (χ2n) is 9.07. The Kier molecular flexibility index (Phi) is 8.02. The molecule has 2 aliphatic heterocycles. The van der Waals surface area contributed by atoms with E-state index in [0.29, 0.717) is 36.4 Å². The number of amides is 3. The molecule has 0 aliphatic carbocycles. The van der Waals surface area contributed by atoms with Crippen molar-refractivity contribution in [3.63, 3.8) is 0 Å². The lowest BCUT2D eigenvalue weighted by Crippen LogP contribution is -2.54.